The number of carbonyl (C=O) groups excluding carboxylic acids is 1. The Morgan fingerprint density at radius 3 is 2.33 bits per heavy atom. The van der Waals surface area contributed by atoms with Gasteiger partial charge in [-0.3, -0.25) is 9.69 Å². The molecule has 1 amide bonds. The van der Waals surface area contributed by atoms with E-state index in [0.29, 0.717) is 12.5 Å². The lowest BCUT2D eigenvalue weighted by atomic mass is 10.1. The predicted octanol–water partition coefficient (Wildman–Crippen LogP) is 1.83. The van der Waals surface area contributed by atoms with Gasteiger partial charge in [-0.2, -0.15) is 0 Å². The van der Waals surface area contributed by atoms with Crippen molar-refractivity contribution in [3.8, 4) is 0 Å². The van der Waals surface area contributed by atoms with E-state index < -0.39 is 0 Å². The van der Waals surface area contributed by atoms with Gasteiger partial charge in [0.1, 0.15) is 0 Å². The molecule has 1 aliphatic rings. The molecule has 0 aliphatic carbocycles. The summed E-state index contributed by atoms with van der Waals surface area (Å²) in [5.74, 6) is 0.974. The molecule has 15 heavy (non-hydrogen) atoms. The van der Waals surface area contributed by atoms with Gasteiger partial charge in [-0.1, -0.05) is 27.7 Å². The van der Waals surface area contributed by atoms with Crippen molar-refractivity contribution in [2.75, 3.05) is 33.2 Å². The fourth-order valence-electron chi connectivity index (χ4n) is 1.48. The topological polar surface area (TPSA) is 23.6 Å². The van der Waals surface area contributed by atoms with Gasteiger partial charge < -0.3 is 4.90 Å². The van der Waals surface area contributed by atoms with Crippen LogP contribution in [0.4, 0.5) is 0 Å². The van der Waals surface area contributed by atoms with Crippen LogP contribution in [0, 0.1) is 5.92 Å². The third-order valence-corrected chi connectivity index (χ3v) is 2.49. The van der Waals surface area contributed by atoms with Crippen molar-refractivity contribution in [2.45, 2.75) is 34.1 Å². The average molecular weight is 214 g/mol. The summed E-state index contributed by atoms with van der Waals surface area (Å²) in [5, 5.41) is 0. The summed E-state index contributed by atoms with van der Waals surface area (Å²) >= 11 is 0. The van der Waals surface area contributed by atoms with E-state index in [0.717, 1.165) is 26.1 Å². The van der Waals surface area contributed by atoms with Gasteiger partial charge in [-0.05, 0) is 19.4 Å². The highest BCUT2D eigenvalue weighted by molar-refractivity contribution is 5.78. The lowest BCUT2D eigenvalue weighted by Gasteiger charge is -2.32. The number of hydrogen-bond acceptors (Lipinski definition) is 2. The van der Waals surface area contributed by atoms with Crippen molar-refractivity contribution < 1.29 is 4.79 Å². The van der Waals surface area contributed by atoms with Crippen LogP contribution >= 0.6 is 0 Å². The second-order valence-electron chi connectivity index (χ2n) is 4.30. The highest BCUT2D eigenvalue weighted by Gasteiger charge is 2.20. The molecule has 1 fully saturated rings. The third kappa shape index (κ3) is 5.78. The Morgan fingerprint density at radius 2 is 1.87 bits per heavy atom. The number of hydrogen-bond donors (Lipinski definition) is 0. The van der Waals surface area contributed by atoms with Crippen molar-refractivity contribution >= 4 is 5.91 Å². The summed E-state index contributed by atoms with van der Waals surface area (Å²) in [6.07, 6.45) is 1.12. The van der Waals surface area contributed by atoms with Crippen LogP contribution in [0.1, 0.15) is 34.1 Å². The summed E-state index contributed by atoms with van der Waals surface area (Å²) in [4.78, 5) is 15.6. The normalized spacial score (nSPS) is 17.7. The van der Waals surface area contributed by atoms with Gasteiger partial charge in [0.25, 0.3) is 0 Å². The van der Waals surface area contributed by atoms with Crippen molar-refractivity contribution in [2.24, 2.45) is 5.92 Å². The summed E-state index contributed by atoms with van der Waals surface area (Å²) in [6.45, 7) is 11.8. The first kappa shape index (κ1) is 14.4. The maximum Gasteiger partial charge on any atom is 0.236 e. The highest BCUT2D eigenvalue weighted by Crippen LogP contribution is 2.06. The minimum Gasteiger partial charge on any atom is -0.340 e. The van der Waals surface area contributed by atoms with E-state index in [1.165, 1.54) is 0 Å². The number of piperazine rings is 1. The maximum atomic E-state index is 11.5. The van der Waals surface area contributed by atoms with Crippen LogP contribution < -0.4 is 0 Å². The molecule has 0 bridgehead atoms. The van der Waals surface area contributed by atoms with Crippen molar-refractivity contribution in [1.29, 1.82) is 0 Å². The average Bonchev–Trinajstić information content (AvgIpc) is 2.19. The second-order valence-corrected chi connectivity index (χ2v) is 4.30. The monoisotopic (exact) mass is 214 g/mol. The molecule has 0 saturated carbocycles. The first-order valence-corrected chi connectivity index (χ1v) is 6.06. The molecule has 1 heterocycles. The zero-order valence-corrected chi connectivity index (χ0v) is 10.9. The fraction of sp³-hybridized carbons (Fsp3) is 0.917. The standard InChI is InChI=1S/C10H20N2O.C2H6/c1-9(2)4-5-12-7-6-11(3)8-10(12)13;1-2/h9H,4-8H2,1-3H3;1-2H3. The zero-order valence-electron chi connectivity index (χ0n) is 10.9. The van der Waals surface area contributed by atoms with E-state index in [-0.39, 0.29) is 5.91 Å². The smallest absolute Gasteiger partial charge is 0.236 e. The van der Waals surface area contributed by atoms with Crippen LogP contribution in [-0.4, -0.2) is 48.9 Å². The molecular formula is C12H26N2O. The molecule has 1 saturated heterocycles. The summed E-state index contributed by atoms with van der Waals surface area (Å²) in [7, 11) is 2.00. The van der Waals surface area contributed by atoms with Gasteiger partial charge in [-0.15, -0.1) is 0 Å². The molecule has 1 aliphatic heterocycles. The minimum absolute atomic E-state index is 0.286. The second kappa shape index (κ2) is 7.69. The van der Waals surface area contributed by atoms with E-state index >= 15 is 0 Å². The largest absolute Gasteiger partial charge is 0.340 e. The van der Waals surface area contributed by atoms with Crippen LogP contribution in [0.5, 0.6) is 0 Å². The summed E-state index contributed by atoms with van der Waals surface area (Å²) < 4.78 is 0. The Hall–Kier alpha value is -0.570. The fourth-order valence-corrected chi connectivity index (χ4v) is 1.48. The maximum absolute atomic E-state index is 11.5. The quantitative estimate of drug-likeness (QED) is 0.715. The van der Waals surface area contributed by atoms with Gasteiger partial charge in [0, 0.05) is 19.6 Å². The summed E-state index contributed by atoms with van der Waals surface area (Å²) in [5.41, 5.74) is 0. The predicted molar refractivity (Wildman–Crippen MR) is 64.9 cm³/mol. The van der Waals surface area contributed by atoms with Gasteiger partial charge in [0.2, 0.25) is 5.91 Å². The molecule has 3 heteroatoms. The molecule has 0 aromatic heterocycles. The number of nitrogens with zero attached hydrogens (tertiary/aromatic N) is 2. The summed E-state index contributed by atoms with van der Waals surface area (Å²) in [6, 6.07) is 0. The molecule has 1 rings (SSSR count). The molecule has 0 aromatic carbocycles. The Labute approximate surface area is 94.4 Å². The van der Waals surface area contributed by atoms with Crippen molar-refractivity contribution in [3.63, 3.8) is 0 Å². The van der Waals surface area contributed by atoms with Crippen LogP contribution in [-0.2, 0) is 4.79 Å². The van der Waals surface area contributed by atoms with Gasteiger partial charge >= 0.3 is 0 Å². The van der Waals surface area contributed by atoms with Crippen molar-refractivity contribution in [1.82, 2.24) is 9.80 Å². The lowest BCUT2D eigenvalue weighted by Crippen LogP contribution is -2.49. The number of amides is 1. The van der Waals surface area contributed by atoms with Crippen LogP contribution in [0.25, 0.3) is 0 Å². The Balaban J connectivity index is 0.000000921. The van der Waals surface area contributed by atoms with Gasteiger partial charge in [0.05, 0.1) is 6.54 Å². The van der Waals surface area contributed by atoms with Crippen LogP contribution in [0.3, 0.4) is 0 Å². The first-order valence-electron chi connectivity index (χ1n) is 6.06. The van der Waals surface area contributed by atoms with E-state index in [9.17, 15) is 4.79 Å². The molecule has 90 valence electrons. The Morgan fingerprint density at radius 1 is 1.27 bits per heavy atom. The van der Waals surface area contributed by atoms with E-state index in [1.54, 1.807) is 0 Å². The van der Waals surface area contributed by atoms with E-state index in [4.69, 9.17) is 0 Å². The first-order chi connectivity index (χ1) is 7.09. The molecule has 0 atom stereocenters. The van der Waals surface area contributed by atoms with E-state index in [2.05, 4.69) is 18.7 Å². The number of carbonyl (C=O) groups is 1. The van der Waals surface area contributed by atoms with Crippen LogP contribution in [0.15, 0.2) is 0 Å². The third-order valence-electron chi connectivity index (χ3n) is 2.49. The van der Waals surface area contributed by atoms with Crippen LogP contribution in [0.2, 0.25) is 0 Å². The molecule has 0 unspecified atom stereocenters. The Kier molecular flexibility index (Phi) is 7.39. The highest BCUT2D eigenvalue weighted by atomic mass is 16.2. The van der Waals surface area contributed by atoms with Crippen molar-refractivity contribution in [3.05, 3.63) is 0 Å². The molecule has 0 radical (unpaired) electrons. The Bertz CT molecular complexity index is 180. The molecule has 3 nitrogen and oxygen atoms in total. The molecule has 0 aromatic rings. The lowest BCUT2D eigenvalue weighted by molar-refractivity contribution is -0.135. The molecule has 0 N–H and O–H groups in total. The SMILES string of the molecule is CC.CC(C)CCN1CCN(C)CC1=O. The molecular weight excluding hydrogens is 188 g/mol. The zero-order chi connectivity index (χ0) is 11.8. The number of likely N-dealkylation sites (N-methyl/N-ethyl adjacent to an activating group) is 1. The van der Waals surface area contributed by atoms with E-state index in [1.807, 2.05) is 25.8 Å². The minimum atomic E-state index is 0.286. The number of rotatable bonds is 3. The van der Waals surface area contributed by atoms with Gasteiger partial charge in [0.15, 0.2) is 0 Å². The van der Waals surface area contributed by atoms with Gasteiger partial charge in [-0.25, -0.2) is 0 Å². The molecule has 0 spiro atoms.